The molecule has 0 aromatic heterocycles. The van der Waals surface area contributed by atoms with E-state index in [0.717, 1.165) is 43.7 Å². The minimum absolute atomic E-state index is 0. The van der Waals surface area contributed by atoms with Crippen LogP contribution in [-0.2, 0) is 0 Å². The van der Waals surface area contributed by atoms with Crippen LogP contribution in [0.5, 0.6) is 5.75 Å². The van der Waals surface area contributed by atoms with Crippen molar-refractivity contribution in [3.8, 4) is 5.75 Å². The summed E-state index contributed by atoms with van der Waals surface area (Å²) < 4.78 is 13.6. The van der Waals surface area contributed by atoms with Crippen molar-refractivity contribution in [3.05, 3.63) is 40.1 Å². The van der Waals surface area contributed by atoms with Gasteiger partial charge in [-0.1, -0.05) is 11.6 Å². The second-order valence-corrected chi connectivity index (χ2v) is 6.06. The zero-order valence-corrected chi connectivity index (χ0v) is 15.7. The van der Waals surface area contributed by atoms with Crippen molar-refractivity contribution in [2.45, 2.75) is 19.4 Å². The Kier molecular flexibility index (Phi) is 9.58. The average molecular weight is 416 g/mol. The van der Waals surface area contributed by atoms with Crippen molar-refractivity contribution in [1.82, 2.24) is 10.2 Å². The number of phenols is 1. The molecule has 0 spiro atoms. The van der Waals surface area contributed by atoms with Gasteiger partial charge in [-0.05, 0) is 35.3 Å². The third-order valence-electron chi connectivity index (χ3n) is 3.59. The summed E-state index contributed by atoms with van der Waals surface area (Å²) in [5.74, 6) is -0.449. The van der Waals surface area contributed by atoms with Crippen LogP contribution in [0.2, 0.25) is 0 Å². The predicted octanol–water partition coefficient (Wildman–Crippen LogP) is 4.05. The van der Waals surface area contributed by atoms with Crippen molar-refractivity contribution in [1.29, 1.82) is 0 Å². The molecule has 0 amide bonds. The van der Waals surface area contributed by atoms with E-state index in [1.807, 2.05) is 6.92 Å². The van der Waals surface area contributed by atoms with Gasteiger partial charge in [-0.2, -0.15) is 0 Å². The van der Waals surface area contributed by atoms with Crippen LogP contribution in [-0.4, -0.2) is 36.2 Å². The lowest BCUT2D eigenvalue weighted by Gasteiger charge is -2.35. The molecule has 2 rings (SSSR count). The number of rotatable bonds is 4. The van der Waals surface area contributed by atoms with Crippen molar-refractivity contribution in [2.75, 3.05) is 26.2 Å². The maximum absolute atomic E-state index is 13.5. The minimum Gasteiger partial charge on any atom is -0.506 e. The van der Waals surface area contributed by atoms with Crippen LogP contribution in [0.3, 0.4) is 0 Å². The molecule has 7 heteroatoms. The second kappa shape index (κ2) is 9.73. The van der Waals surface area contributed by atoms with Crippen LogP contribution in [0.4, 0.5) is 4.39 Å². The summed E-state index contributed by atoms with van der Waals surface area (Å²) in [5.41, 5.74) is 1.80. The quantitative estimate of drug-likeness (QED) is 0.728. The van der Waals surface area contributed by atoms with Gasteiger partial charge in [0.2, 0.25) is 0 Å². The van der Waals surface area contributed by atoms with Gasteiger partial charge in [0.15, 0.2) is 0 Å². The van der Waals surface area contributed by atoms with Crippen molar-refractivity contribution in [2.24, 2.45) is 0 Å². The van der Waals surface area contributed by atoms with Gasteiger partial charge < -0.3 is 10.4 Å². The van der Waals surface area contributed by atoms with Gasteiger partial charge in [0.05, 0.1) is 4.47 Å². The standard InChI is InChI=1S/C15H20BrFN2O.2ClH/c1-10(2)9-13(19-7-5-18-6-8-19)11-3-4-12(17)14(16)15(11)20;;/h3-4,13,18,20H,1,5-9H2,2H3;2*1H/t13-;;/m1../s1. The van der Waals surface area contributed by atoms with E-state index in [1.54, 1.807) is 6.07 Å². The molecule has 0 bridgehead atoms. The fraction of sp³-hybridized carbons (Fsp3) is 0.467. The van der Waals surface area contributed by atoms with Gasteiger partial charge in [0.25, 0.3) is 0 Å². The van der Waals surface area contributed by atoms with Gasteiger partial charge in [-0.15, -0.1) is 31.4 Å². The first-order valence-corrected chi connectivity index (χ1v) is 7.56. The molecule has 1 aromatic rings. The largest absolute Gasteiger partial charge is 0.506 e. The molecule has 0 saturated carbocycles. The summed E-state index contributed by atoms with van der Waals surface area (Å²) in [6, 6.07) is 3.10. The molecule has 22 heavy (non-hydrogen) atoms. The summed E-state index contributed by atoms with van der Waals surface area (Å²) in [6.45, 7) is 9.62. The van der Waals surface area contributed by atoms with Crippen LogP contribution in [0, 0.1) is 5.82 Å². The summed E-state index contributed by atoms with van der Waals surface area (Å²) in [5, 5.41) is 13.5. The molecule has 2 N–H and O–H groups in total. The topological polar surface area (TPSA) is 35.5 Å². The van der Waals surface area contributed by atoms with Gasteiger partial charge in [0.1, 0.15) is 11.6 Å². The number of benzene rings is 1. The number of phenolic OH excluding ortho intramolecular Hbond substituents is 1. The number of nitrogens with one attached hydrogen (secondary N) is 1. The molecule has 0 radical (unpaired) electrons. The fourth-order valence-corrected chi connectivity index (χ4v) is 2.94. The summed E-state index contributed by atoms with van der Waals surface area (Å²) >= 11 is 3.11. The number of hydrogen-bond donors (Lipinski definition) is 2. The summed E-state index contributed by atoms with van der Waals surface area (Å²) in [7, 11) is 0. The first-order chi connectivity index (χ1) is 9.50. The Morgan fingerprint density at radius 3 is 2.55 bits per heavy atom. The molecule has 1 saturated heterocycles. The molecule has 0 aliphatic carbocycles. The van der Waals surface area contributed by atoms with Crippen molar-refractivity contribution in [3.63, 3.8) is 0 Å². The van der Waals surface area contributed by atoms with E-state index in [9.17, 15) is 9.50 Å². The Labute approximate surface area is 151 Å². The highest BCUT2D eigenvalue weighted by Crippen LogP contribution is 2.38. The van der Waals surface area contributed by atoms with Crippen molar-refractivity contribution < 1.29 is 9.50 Å². The van der Waals surface area contributed by atoms with Crippen LogP contribution in [0.25, 0.3) is 0 Å². The lowest BCUT2D eigenvalue weighted by molar-refractivity contribution is 0.169. The van der Waals surface area contributed by atoms with Crippen LogP contribution in [0.15, 0.2) is 28.8 Å². The molecule has 1 fully saturated rings. The zero-order chi connectivity index (χ0) is 14.7. The Morgan fingerprint density at radius 1 is 1.41 bits per heavy atom. The van der Waals surface area contributed by atoms with E-state index in [2.05, 4.69) is 32.7 Å². The third kappa shape index (κ3) is 5.10. The van der Waals surface area contributed by atoms with E-state index in [1.165, 1.54) is 6.07 Å². The number of piperazine rings is 1. The van der Waals surface area contributed by atoms with Crippen molar-refractivity contribution >= 4 is 40.7 Å². The number of nitrogens with zero attached hydrogens (tertiary/aromatic N) is 1. The normalized spacial score (nSPS) is 16.3. The highest BCUT2D eigenvalue weighted by Gasteiger charge is 2.26. The fourth-order valence-electron chi connectivity index (χ4n) is 2.58. The number of halogens is 4. The molecule has 1 atom stereocenters. The van der Waals surface area contributed by atoms with Gasteiger partial charge in [-0.25, -0.2) is 4.39 Å². The van der Waals surface area contributed by atoms with Gasteiger partial charge in [-0.3, -0.25) is 4.90 Å². The SMILES string of the molecule is C=C(C)C[C@H](c1ccc(F)c(Br)c1O)N1CCNCC1.Cl.Cl. The molecular formula is C15H22BrCl2FN2O. The van der Waals surface area contributed by atoms with E-state index < -0.39 is 5.82 Å². The maximum Gasteiger partial charge on any atom is 0.141 e. The molecule has 126 valence electrons. The summed E-state index contributed by atoms with van der Waals surface area (Å²) in [4.78, 5) is 2.31. The highest BCUT2D eigenvalue weighted by molar-refractivity contribution is 9.10. The number of hydrogen-bond acceptors (Lipinski definition) is 3. The molecule has 1 heterocycles. The highest BCUT2D eigenvalue weighted by atomic mass is 79.9. The van der Waals surface area contributed by atoms with E-state index in [0.29, 0.717) is 0 Å². The summed E-state index contributed by atoms with van der Waals surface area (Å²) in [6.07, 6.45) is 0.756. The molecule has 0 unspecified atom stereocenters. The first kappa shape index (κ1) is 21.7. The Balaban J connectivity index is 0.00000220. The smallest absolute Gasteiger partial charge is 0.141 e. The van der Waals surface area contributed by atoms with E-state index in [4.69, 9.17) is 0 Å². The number of aromatic hydroxyl groups is 1. The van der Waals surface area contributed by atoms with Crippen LogP contribution in [0.1, 0.15) is 24.9 Å². The molecule has 1 aliphatic rings. The lowest BCUT2D eigenvalue weighted by atomic mass is 9.97. The molecular weight excluding hydrogens is 394 g/mol. The van der Waals surface area contributed by atoms with Gasteiger partial charge >= 0.3 is 0 Å². The monoisotopic (exact) mass is 414 g/mol. The third-order valence-corrected chi connectivity index (χ3v) is 4.35. The molecule has 1 aromatic carbocycles. The second-order valence-electron chi connectivity index (χ2n) is 5.26. The minimum atomic E-state index is -0.444. The maximum atomic E-state index is 13.5. The lowest BCUT2D eigenvalue weighted by Crippen LogP contribution is -2.45. The Morgan fingerprint density at radius 2 is 2.00 bits per heavy atom. The van der Waals surface area contributed by atoms with E-state index >= 15 is 0 Å². The average Bonchev–Trinajstić information content (AvgIpc) is 2.44. The first-order valence-electron chi connectivity index (χ1n) is 6.76. The van der Waals surface area contributed by atoms with Crippen LogP contribution < -0.4 is 5.32 Å². The van der Waals surface area contributed by atoms with E-state index in [-0.39, 0.29) is 41.1 Å². The van der Waals surface area contributed by atoms with Gasteiger partial charge in [0, 0.05) is 37.8 Å². The zero-order valence-electron chi connectivity index (χ0n) is 12.4. The Hall–Kier alpha value is -0.330. The molecule has 1 aliphatic heterocycles. The Bertz CT molecular complexity index is 511. The molecule has 3 nitrogen and oxygen atoms in total. The predicted molar refractivity (Wildman–Crippen MR) is 96.9 cm³/mol. The van der Waals surface area contributed by atoms with Crippen LogP contribution >= 0.6 is 40.7 Å².